The van der Waals surface area contributed by atoms with Gasteiger partial charge >= 0.3 is 0 Å². The maximum absolute atomic E-state index is 5.99. The van der Waals surface area contributed by atoms with Crippen LogP contribution in [-0.2, 0) is 19.3 Å². The molecular weight excluding hydrogens is 220 g/mol. The van der Waals surface area contributed by atoms with Gasteiger partial charge in [-0.15, -0.1) is 0 Å². The Morgan fingerprint density at radius 3 is 2.81 bits per heavy atom. The SMILES string of the molecule is NCCCc1nc(N)c2c(n1)CCSCC2. The van der Waals surface area contributed by atoms with Crippen molar-refractivity contribution in [3.63, 3.8) is 0 Å². The second kappa shape index (κ2) is 5.50. The monoisotopic (exact) mass is 238 g/mol. The molecule has 5 heteroatoms. The zero-order chi connectivity index (χ0) is 11.4. The molecule has 0 saturated heterocycles. The number of hydrogen-bond donors (Lipinski definition) is 2. The Morgan fingerprint density at radius 1 is 1.19 bits per heavy atom. The smallest absolute Gasteiger partial charge is 0.131 e. The molecule has 0 fully saturated rings. The van der Waals surface area contributed by atoms with E-state index in [1.807, 2.05) is 11.8 Å². The minimum atomic E-state index is 0.677. The molecule has 0 aromatic carbocycles. The molecule has 0 atom stereocenters. The second-order valence-electron chi connectivity index (χ2n) is 3.95. The van der Waals surface area contributed by atoms with Gasteiger partial charge in [0.2, 0.25) is 0 Å². The van der Waals surface area contributed by atoms with Crippen LogP contribution in [0.4, 0.5) is 5.82 Å². The first-order valence-corrected chi connectivity index (χ1v) is 6.88. The van der Waals surface area contributed by atoms with Gasteiger partial charge in [0.05, 0.1) is 5.69 Å². The third kappa shape index (κ3) is 2.65. The average molecular weight is 238 g/mol. The van der Waals surface area contributed by atoms with Crippen LogP contribution in [0, 0.1) is 0 Å². The molecule has 1 aromatic heterocycles. The van der Waals surface area contributed by atoms with Crippen molar-refractivity contribution < 1.29 is 0 Å². The van der Waals surface area contributed by atoms with Gasteiger partial charge in [-0.2, -0.15) is 11.8 Å². The molecule has 4 N–H and O–H groups in total. The summed E-state index contributed by atoms with van der Waals surface area (Å²) in [5, 5.41) is 0. The fourth-order valence-electron chi connectivity index (χ4n) is 1.90. The lowest BCUT2D eigenvalue weighted by Crippen LogP contribution is -2.11. The van der Waals surface area contributed by atoms with Gasteiger partial charge in [0, 0.05) is 12.0 Å². The van der Waals surface area contributed by atoms with Gasteiger partial charge in [-0.1, -0.05) is 0 Å². The van der Waals surface area contributed by atoms with E-state index in [4.69, 9.17) is 11.5 Å². The summed E-state index contributed by atoms with van der Waals surface area (Å²) in [5.41, 5.74) is 13.8. The van der Waals surface area contributed by atoms with Gasteiger partial charge < -0.3 is 11.5 Å². The number of anilines is 1. The van der Waals surface area contributed by atoms with Crippen molar-refractivity contribution in [2.75, 3.05) is 23.8 Å². The van der Waals surface area contributed by atoms with Crippen molar-refractivity contribution in [3.8, 4) is 0 Å². The Morgan fingerprint density at radius 2 is 2.00 bits per heavy atom. The lowest BCUT2D eigenvalue weighted by Gasteiger charge is -2.09. The van der Waals surface area contributed by atoms with E-state index >= 15 is 0 Å². The number of thioether (sulfide) groups is 1. The molecule has 0 aliphatic carbocycles. The number of hydrogen-bond acceptors (Lipinski definition) is 5. The third-order valence-corrected chi connectivity index (χ3v) is 3.74. The molecule has 88 valence electrons. The fraction of sp³-hybridized carbons (Fsp3) is 0.636. The Hall–Kier alpha value is -0.810. The number of nitrogen functional groups attached to an aromatic ring is 1. The highest BCUT2D eigenvalue weighted by Gasteiger charge is 2.14. The number of aromatic nitrogens is 2. The summed E-state index contributed by atoms with van der Waals surface area (Å²) in [6.07, 6.45) is 3.78. The van der Waals surface area contributed by atoms with Gasteiger partial charge in [-0.3, -0.25) is 0 Å². The van der Waals surface area contributed by atoms with E-state index in [0.29, 0.717) is 12.4 Å². The number of aryl methyl sites for hydroxylation is 2. The standard InChI is InChI=1S/C11H18N4S/c12-5-1-2-10-14-9-4-7-16-6-3-8(9)11(13)15-10/h1-7,12H2,(H2,13,14,15). The van der Waals surface area contributed by atoms with Crippen LogP contribution >= 0.6 is 11.8 Å². The van der Waals surface area contributed by atoms with E-state index < -0.39 is 0 Å². The third-order valence-electron chi connectivity index (χ3n) is 2.76. The molecule has 16 heavy (non-hydrogen) atoms. The summed E-state index contributed by atoms with van der Waals surface area (Å²) < 4.78 is 0. The zero-order valence-electron chi connectivity index (χ0n) is 9.41. The van der Waals surface area contributed by atoms with E-state index in [9.17, 15) is 0 Å². The fourth-order valence-corrected chi connectivity index (χ4v) is 2.79. The summed E-state index contributed by atoms with van der Waals surface area (Å²) in [5.74, 6) is 3.80. The Bertz CT molecular complexity index is 367. The normalized spacial score (nSPS) is 15.6. The lowest BCUT2D eigenvalue weighted by molar-refractivity contribution is 0.767. The van der Waals surface area contributed by atoms with Gasteiger partial charge in [0.15, 0.2) is 0 Å². The van der Waals surface area contributed by atoms with E-state index in [0.717, 1.165) is 48.7 Å². The second-order valence-corrected chi connectivity index (χ2v) is 5.18. The summed E-state index contributed by atoms with van der Waals surface area (Å²) in [6.45, 7) is 0.677. The largest absolute Gasteiger partial charge is 0.383 e. The maximum Gasteiger partial charge on any atom is 0.131 e. The Balaban J connectivity index is 2.24. The van der Waals surface area contributed by atoms with Crippen molar-refractivity contribution in [3.05, 3.63) is 17.1 Å². The van der Waals surface area contributed by atoms with Crippen LogP contribution in [0.3, 0.4) is 0 Å². The number of fused-ring (bicyclic) bond motifs is 1. The number of nitrogens with zero attached hydrogens (tertiary/aromatic N) is 2. The lowest BCUT2D eigenvalue weighted by atomic mass is 10.1. The van der Waals surface area contributed by atoms with Crippen LogP contribution in [0.25, 0.3) is 0 Å². The van der Waals surface area contributed by atoms with Crippen molar-refractivity contribution in [2.45, 2.75) is 25.7 Å². The van der Waals surface area contributed by atoms with Crippen LogP contribution in [-0.4, -0.2) is 28.0 Å². The molecule has 0 amide bonds. The number of rotatable bonds is 3. The minimum Gasteiger partial charge on any atom is -0.383 e. The predicted octanol–water partition coefficient (Wildman–Crippen LogP) is 0.782. The van der Waals surface area contributed by atoms with E-state index in [1.54, 1.807) is 0 Å². The zero-order valence-corrected chi connectivity index (χ0v) is 10.2. The first-order chi connectivity index (χ1) is 7.81. The number of nitrogens with two attached hydrogens (primary N) is 2. The molecule has 0 saturated carbocycles. The summed E-state index contributed by atoms with van der Waals surface area (Å²) in [4.78, 5) is 8.98. The summed E-state index contributed by atoms with van der Waals surface area (Å²) in [7, 11) is 0. The Labute approximate surface area is 100 Å². The highest BCUT2D eigenvalue weighted by atomic mass is 32.2. The van der Waals surface area contributed by atoms with Gasteiger partial charge in [0.25, 0.3) is 0 Å². The van der Waals surface area contributed by atoms with Gasteiger partial charge in [-0.05, 0) is 37.3 Å². The average Bonchev–Trinajstić information content (AvgIpc) is 2.51. The molecular formula is C11H18N4S. The minimum absolute atomic E-state index is 0.677. The van der Waals surface area contributed by atoms with E-state index in [1.165, 1.54) is 5.56 Å². The summed E-state index contributed by atoms with van der Waals surface area (Å²) >= 11 is 1.96. The van der Waals surface area contributed by atoms with Crippen LogP contribution in [0.1, 0.15) is 23.5 Å². The molecule has 0 unspecified atom stereocenters. The molecule has 0 spiro atoms. The van der Waals surface area contributed by atoms with E-state index in [-0.39, 0.29) is 0 Å². The van der Waals surface area contributed by atoms with Crippen LogP contribution in [0.5, 0.6) is 0 Å². The van der Waals surface area contributed by atoms with Gasteiger partial charge in [0.1, 0.15) is 11.6 Å². The highest BCUT2D eigenvalue weighted by molar-refractivity contribution is 7.99. The molecule has 0 radical (unpaired) electrons. The topological polar surface area (TPSA) is 77.8 Å². The maximum atomic E-state index is 5.99. The van der Waals surface area contributed by atoms with Crippen LogP contribution < -0.4 is 11.5 Å². The van der Waals surface area contributed by atoms with Crippen molar-refractivity contribution >= 4 is 17.6 Å². The molecule has 1 aromatic rings. The highest BCUT2D eigenvalue weighted by Crippen LogP contribution is 2.22. The Kier molecular flexibility index (Phi) is 4.01. The van der Waals surface area contributed by atoms with Crippen molar-refractivity contribution in [1.29, 1.82) is 0 Å². The van der Waals surface area contributed by atoms with Crippen LogP contribution in [0.15, 0.2) is 0 Å². The summed E-state index contributed by atoms with van der Waals surface area (Å²) in [6, 6.07) is 0. The first kappa shape index (κ1) is 11.7. The van der Waals surface area contributed by atoms with E-state index in [2.05, 4.69) is 9.97 Å². The predicted molar refractivity (Wildman–Crippen MR) is 68.6 cm³/mol. The first-order valence-electron chi connectivity index (χ1n) is 5.73. The van der Waals surface area contributed by atoms with Crippen molar-refractivity contribution in [2.24, 2.45) is 5.73 Å². The van der Waals surface area contributed by atoms with Crippen LogP contribution in [0.2, 0.25) is 0 Å². The molecule has 0 bridgehead atoms. The van der Waals surface area contributed by atoms with Gasteiger partial charge in [-0.25, -0.2) is 9.97 Å². The molecule has 2 rings (SSSR count). The molecule has 1 aliphatic heterocycles. The van der Waals surface area contributed by atoms with Crippen molar-refractivity contribution in [1.82, 2.24) is 9.97 Å². The molecule has 2 heterocycles. The molecule has 4 nitrogen and oxygen atoms in total. The quantitative estimate of drug-likeness (QED) is 0.813. The molecule has 1 aliphatic rings.